The van der Waals surface area contributed by atoms with E-state index in [1.165, 1.54) is 6.07 Å². The molecule has 1 atom stereocenters. The number of nitrogens with one attached hydrogen (secondary N) is 1. The molecule has 0 amide bonds. The molecule has 1 aliphatic rings. The monoisotopic (exact) mass is 279 g/mol. The average Bonchev–Trinajstić information content (AvgIpc) is 2.61. The van der Waals surface area contributed by atoms with Gasteiger partial charge in [-0.3, -0.25) is 0 Å². The lowest BCUT2D eigenvalue weighted by atomic mass is 9.98. The third-order valence-corrected chi connectivity index (χ3v) is 3.12. The van der Waals surface area contributed by atoms with Crippen LogP contribution in [0.3, 0.4) is 0 Å². The van der Waals surface area contributed by atoms with Gasteiger partial charge in [0.25, 0.3) is 0 Å². The molecule has 2 aromatic carbocycles. The fraction of sp³-hybridized carbons (Fsp3) is 0.200. The van der Waals surface area contributed by atoms with Crippen LogP contribution in [-0.2, 0) is 0 Å². The van der Waals surface area contributed by atoms with Gasteiger partial charge < -0.3 is 10.1 Å². The Kier molecular flexibility index (Phi) is 4.40. The van der Waals surface area contributed by atoms with Crippen LogP contribution in [0.25, 0.3) is 0 Å². The summed E-state index contributed by atoms with van der Waals surface area (Å²) < 4.78 is 19.1. The van der Waals surface area contributed by atoms with Gasteiger partial charge in [-0.05, 0) is 23.8 Å². The molecular formula is C15H15ClFNO. The van der Waals surface area contributed by atoms with Gasteiger partial charge in [-0.25, -0.2) is 4.39 Å². The zero-order valence-corrected chi connectivity index (χ0v) is 11.1. The molecule has 1 heterocycles. The van der Waals surface area contributed by atoms with E-state index >= 15 is 0 Å². The van der Waals surface area contributed by atoms with Crippen molar-refractivity contribution in [2.45, 2.75) is 6.04 Å². The molecule has 0 aliphatic carbocycles. The van der Waals surface area contributed by atoms with Crippen LogP contribution in [0.4, 0.5) is 4.39 Å². The lowest BCUT2D eigenvalue weighted by molar-refractivity contribution is 0.324. The summed E-state index contributed by atoms with van der Waals surface area (Å²) in [5, 5.41) is 3.39. The number of fused-ring (bicyclic) bond motifs is 1. The molecule has 1 unspecified atom stereocenters. The Morgan fingerprint density at radius 2 is 1.89 bits per heavy atom. The van der Waals surface area contributed by atoms with Gasteiger partial charge in [0.05, 0.1) is 6.04 Å². The summed E-state index contributed by atoms with van der Waals surface area (Å²) in [6.07, 6.45) is 0. The first kappa shape index (κ1) is 13.8. The highest BCUT2D eigenvalue weighted by Gasteiger charge is 2.21. The van der Waals surface area contributed by atoms with Crippen molar-refractivity contribution >= 4 is 12.4 Å². The van der Waals surface area contributed by atoms with E-state index in [2.05, 4.69) is 5.32 Å². The first-order chi connectivity index (χ1) is 8.84. The number of halogens is 2. The Morgan fingerprint density at radius 3 is 2.68 bits per heavy atom. The van der Waals surface area contributed by atoms with Crippen LogP contribution in [0.5, 0.6) is 5.75 Å². The van der Waals surface area contributed by atoms with Gasteiger partial charge in [-0.2, -0.15) is 0 Å². The van der Waals surface area contributed by atoms with E-state index in [4.69, 9.17) is 4.74 Å². The van der Waals surface area contributed by atoms with Crippen LogP contribution < -0.4 is 10.1 Å². The van der Waals surface area contributed by atoms with Gasteiger partial charge in [0, 0.05) is 12.1 Å². The Morgan fingerprint density at radius 1 is 1.11 bits per heavy atom. The average molecular weight is 280 g/mol. The Balaban J connectivity index is 0.00000133. The maximum atomic E-state index is 13.4. The minimum atomic E-state index is -0.234. The van der Waals surface area contributed by atoms with E-state index in [-0.39, 0.29) is 24.3 Å². The molecule has 1 N–H and O–H groups in total. The van der Waals surface area contributed by atoms with Crippen LogP contribution >= 0.6 is 12.4 Å². The smallest absolute Gasteiger partial charge is 0.124 e. The van der Waals surface area contributed by atoms with E-state index in [1.54, 1.807) is 12.1 Å². The van der Waals surface area contributed by atoms with Crippen LogP contribution in [0.2, 0.25) is 0 Å². The first-order valence-corrected chi connectivity index (χ1v) is 6.05. The zero-order valence-electron chi connectivity index (χ0n) is 10.3. The first-order valence-electron chi connectivity index (χ1n) is 6.05. The van der Waals surface area contributed by atoms with Crippen LogP contribution in [0.15, 0.2) is 48.5 Å². The summed E-state index contributed by atoms with van der Waals surface area (Å²) >= 11 is 0. The molecule has 0 bridgehead atoms. The Bertz CT molecular complexity index is 547. The minimum absolute atomic E-state index is 0. The summed E-state index contributed by atoms with van der Waals surface area (Å²) in [6, 6.07) is 14.7. The van der Waals surface area contributed by atoms with E-state index in [9.17, 15) is 4.39 Å². The number of ether oxygens (including phenoxy) is 1. The molecule has 100 valence electrons. The van der Waals surface area contributed by atoms with Gasteiger partial charge in [0.15, 0.2) is 0 Å². The molecule has 0 fully saturated rings. The molecule has 0 aromatic heterocycles. The molecule has 19 heavy (non-hydrogen) atoms. The SMILES string of the molecule is Cl.Fc1ccc2c(c1)C(c1ccccc1)NCCO2. The molecular weight excluding hydrogens is 265 g/mol. The molecule has 0 saturated heterocycles. The van der Waals surface area contributed by atoms with Crippen molar-refractivity contribution < 1.29 is 9.13 Å². The van der Waals surface area contributed by atoms with Crippen molar-refractivity contribution in [3.8, 4) is 5.75 Å². The van der Waals surface area contributed by atoms with Gasteiger partial charge in [0.2, 0.25) is 0 Å². The van der Waals surface area contributed by atoms with Crippen LogP contribution in [-0.4, -0.2) is 13.2 Å². The Labute approximate surface area is 118 Å². The minimum Gasteiger partial charge on any atom is -0.492 e. The lowest BCUT2D eigenvalue weighted by Crippen LogP contribution is -2.23. The molecule has 2 aromatic rings. The molecule has 3 rings (SSSR count). The number of hydrogen-bond acceptors (Lipinski definition) is 2. The summed E-state index contributed by atoms with van der Waals surface area (Å²) in [7, 11) is 0. The fourth-order valence-electron chi connectivity index (χ4n) is 2.29. The van der Waals surface area contributed by atoms with E-state index in [1.807, 2.05) is 30.3 Å². The van der Waals surface area contributed by atoms with E-state index in [0.29, 0.717) is 6.61 Å². The van der Waals surface area contributed by atoms with E-state index in [0.717, 1.165) is 23.4 Å². The highest BCUT2D eigenvalue weighted by atomic mass is 35.5. The van der Waals surface area contributed by atoms with Crippen molar-refractivity contribution in [1.29, 1.82) is 0 Å². The van der Waals surface area contributed by atoms with Gasteiger partial charge >= 0.3 is 0 Å². The van der Waals surface area contributed by atoms with Crippen molar-refractivity contribution in [3.63, 3.8) is 0 Å². The second kappa shape index (κ2) is 6.04. The summed E-state index contributed by atoms with van der Waals surface area (Å²) in [5.41, 5.74) is 1.98. The van der Waals surface area contributed by atoms with Crippen molar-refractivity contribution in [3.05, 3.63) is 65.5 Å². The van der Waals surface area contributed by atoms with Crippen molar-refractivity contribution in [2.75, 3.05) is 13.2 Å². The lowest BCUT2D eigenvalue weighted by Gasteiger charge is -2.18. The topological polar surface area (TPSA) is 21.3 Å². The summed E-state index contributed by atoms with van der Waals surface area (Å²) in [6.45, 7) is 1.35. The third kappa shape index (κ3) is 2.88. The van der Waals surface area contributed by atoms with Gasteiger partial charge in [0.1, 0.15) is 18.2 Å². The molecule has 4 heteroatoms. The van der Waals surface area contributed by atoms with Crippen LogP contribution in [0.1, 0.15) is 17.2 Å². The van der Waals surface area contributed by atoms with E-state index < -0.39 is 0 Å². The number of benzene rings is 2. The molecule has 0 saturated carbocycles. The highest BCUT2D eigenvalue weighted by Crippen LogP contribution is 2.32. The quantitative estimate of drug-likeness (QED) is 0.865. The largest absolute Gasteiger partial charge is 0.492 e. The van der Waals surface area contributed by atoms with Gasteiger partial charge in [-0.15, -0.1) is 12.4 Å². The van der Waals surface area contributed by atoms with Crippen molar-refractivity contribution in [1.82, 2.24) is 5.32 Å². The standard InChI is InChI=1S/C15H14FNO.ClH/c16-12-6-7-14-13(10-12)15(17-8-9-18-14)11-4-2-1-3-5-11;/h1-7,10,15,17H,8-9H2;1H. The fourth-order valence-corrected chi connectivity index (χ4v) is 2.29. The predicted octanol–water partition coefficient (Wildman–Crippen LogP) is 3.32. The van der Waals surface area contributed by atoms with Gasteiger partial charge in [-0.1, -0.05) is 30.3 Å². The maximum Gasteiger partial charge on any atom is 0.124 e. The second-order valence-electron chi connectivity index (χ2n) is 4.33. The summed E-state index contributed by atoms with van der Waals surface area (Å²) in [5.74, 6) is 0.525. The zero-order chi connectivity index (χ0) is 12.4. The molecule has 0 radical (unpaired) electrons. The Hall–Kier alpha value is -1.58. The maximum absolute atomic E-state index is 13.4. The predicted molar refractivity (Wildman–Crippen MR) is 75.4 cm³/mol. The normalized spacial score (nSPS) is 17.6. The molecule has 1 aliphatic heterocycles. The molecule has 2 nitrogen and oxygen atoms in total. The van der Waals surface area contributed by atoms with Crippen molar-refractivity contribution in [2.24, 2.45) is 0 Å². The van der Waals surface area contributed by atoms with Crippen LogP contribution in [0, 0.1) is 5.82 Å². The summed E-state index contributed by atoms with van der Waals surface area (Å²) in [4.78, 5) is 0. The number of hydrogen-bond donors (Lipinski definition) is 1. The highest BCUT2D eigenvalue weighted by molar-refractivity contribution is 5.85. The number of rotatable bonds is 1. The third-order valence-electron chi connectivity index (χ3n) is 3.12. The molecule has 0 spiro atoms. The second-order valence-corrected chi connectivity index (χ2v) is 4.33.